The second-order valence-corrected chi connectivity index (χ2v) is 7.96. The van der Waals surface area contributed by atoms with E-state index in [-0.39, 0.29) is 5.91 Å². The van der Waals surface area contributed by atoms with E-state index in [0.29, 0.717) is 16.5 Å². The predicted molar refractivity (Wildman–Crippen MR) is 115 cm³/mol. The first-order valence-corrected chi connectivity index (χ1v) is 10.2. The van der Waals surface area contributed by atoms with Gasteiger partial charge in [-0.15, -0.1) is 11.3 Å². The number of aryl methyl sites for hydroxylation is 3. The molecule has 146 valence electrons. The maximum absolute atomic E-state index is 12.8. The molecule has 1 N–H and O–H groups in total. The number of rotatable bonds is 5. The molecule has 4 aromatic rings. The van der Waals surface area contributed by atoms with Gasteiger partial charge in [-0.1, -0.05) is 36.4 Å². The van der Waals surface area contributed by atoms with Gasteiger partial charge in [-0.2, -0.15) is 0 Å². The molecule has 2 aromatic carbocycles. The molecule has 0 aliphatic rings. The maximum Gasteiger partial charge on any atom is 0.267 e. The van der Waals surface area contributed by atoms with Crippen molar-refractivity contribution in [1.82, 2.24) is 9.97 Å². The zero-order valence-electron chi connectivity index (χ0n) is 16.5. The summed E-state index contributed by atoms with van der Waals surface area (Å²) in [7, 11) is 0. The third-order valence-electron chi connectivity index (χ3n) is 4.64. The van der Waals surface area contributed by atoms with Crippen molar-refractivity contribution in [2.24, 2.45) is 0 Å². The highest BCUT2D eigenvalue weighted by molar-refractivity contribution is 7.14. The first-order valence-electron chi connectivity index (χ1n) is 9.35. The minimum atomic E-state index is -0.156. The number of hydrogen-bond donors (Lipinski definition) is 1. The lowest BCUT2D eigenvalue weighted by molar-refractivity contribution is 0.103. The number of anilines is 1. The van der Waals surface area contributed by atoms with E-state index < -0.39 is 0 Å². The Morgan fingerprint density at radius 2 is 1.79 bits per heavy atom. The fourth-order valence-corrected chi connectivity index (χ4v) is 4.02. The molecule has 0 atom stereocenters. The molecule has 5 nitrogen and oxygen atoms in total. The van der Waals surface area contributed by atoms with Crippen LogP contribution in [0.3, 0.4) is 0 Å². The number of carbonyl (C=O) groups is 1. The van der Waals surface area contributed by atoms with Crippen LogP contribution < -0.4 is 5.32 Å². The number of nitrogens with one attached hydrogen (secondary N) is 1. The average molecular weight is 404 g/mol. The second-order valence-electron chi connectivity index (χ2n) is 6.88. The number of aromatic nitrogens is 2. The predicted octanol–water partition coefficient (Wildman–Crippen LogP) is 5.57. The van der Waals surface area contributed by atoms with Gasteiger partial charge in [-0.25, -0.2) is 9.97 Å². The van der Waals surface area contributed by atoms with E-state index in [1.807, 2.05) is 63.2 Å². The van der Waals surface area contributed by atoms with Crippen LogP contribution in [0.25, 0.3) is 11.5 Å². The third kappa shape index (κ3) is 4.27. The minimum Gasteiger partial charge on any atom is -0.441 e. The van der Waals surface area contributed by atoms with Gasteiger partial charge in [0.15, 0.2) is 0 Å². The molecule has 6 heteroatoms. The highest BCUT2D eigenvalue weighted by atomic mass is 32.1. The molecular weight excluding hydrogens is 382 g/mol. The number of nitrogens with zero attached hydrogens (tertiary/aromatic N) is 2. The smallest absolute Gasteiger partial charge is 0.267 e. The summed E-state index contributed by atoms with van der Waals surface area (Å²) in [6.45, 7) is 5.67. The Labute approximate surface area is 173 Å². The Balaban J connectivity index is 1.52. The largest absolute Gasteiger partial charge is 0.441 e. The lowest BCUT2D eigenvalue weighted by Crippen LogP contribution is -2.11. The standard InChI is InChI=1S/C23H21N3O2S/c1-14-16(3)28-23(25-14)18-10-7-11-19(13-18)26-22(27)21-15(2)24-20(29-21)12-17-8-5-4-6-9-17/h4-11,13H,12H2,1-3H3,(H,26,27). The van der Waals surface area contributed by atoms with Crippen LogP contribution in [0.1, 0.15) is 37.4 Å². The summed E-state index contributed by atoms with van der Waals surface area (Å²) >= 11 is 1.43. The Bertz CT molecular complexity index is 1140. The monoisotopic (exact) mass is 403 g/mol. The summed E-state index contributed by atoms with van der Waals surface area (Å²) in [5.74, 6) is 1.19. The molecule has 2 heterocycles. The first kappa shape index (κ1) is 19.1. The van der Waals surface area contributed by atoms with Crippen LogP contribution in [0.15, 0.2) is 59.0 Å². The molecule has 1 amide bonds. The molecular formula is C23H21N3O2S. The Morgan fingerprint density at radius 3 is 2.52 bits per heavy atom. The zero-order chi connectivity index (χ0) is 20.4. The molecule has 4 rings (SSSR count). The van der Waals surface area contributed by atoms with E-state index >= 15 is 0 Å². The van der Waals surface area contributed by atoms with Crippen molar-refractivity contribution < 1.29 is 9.21 Å². The van der Waals surface area contributed by atoms with Crippen LogP contribution in [0.5, 0.6) is 0 Å². The highest BCUT2D eigenvalue weighted by Gasteiger charge is 2.16. The van der Waals surface area contributed by atoms with Crippen molar-refractivity contribution in [3.8, 4) is 11.5 Å². The number of oxazole rings is 1. The molecule has 0 radical (unpaired) electrons. The van der Waals surface area contributed by atoms with Crippen LogP contribution >= 0.6 is 11.3 Å². The lowest BCUT2D eigenvalue weighted by atomic mass is 10.2. The van der Waals surface area contributed by atoms with E-state index in [1.165, 1.54) is 16.9 Å². The van der Waals surface area contributed by atoms with Gasteiger partial charge in [0.1, 0.15) is 10.6 Å². The van der Waals surface area contributed by atoms with Gasteiger partial charge in [0.25, 0.3) is 5.91 Å². The third-order valence-corrected chi connectivity index (χ3v) is 5.80. The number of benzene rings is 2. The fourth-order valence-electron chi connectivity index (χ4n) is 3.02. The number of thiazole rings is 1. The van der Waals surface area contributed by atoms with Crippen LogP contribution in [0, 0.1) is 20.8 Å². The van der Waals surface area contributed by atoms with Gasteiger partial charge < -0.3 is 9.73 Å². The number of carbonyl (C=O) groups excluding carboxylic acids is 1. The Morgan fingerprint density at radius 1 is 1.00 bits per heavy atom. The second kappa shape index (κ2) is 8.01. The van der Waals surface area contributed by atoms with E-state index in [2.05, 4.69) is 27.4 Å². The highest BCUT2D eigenvalue weighted by Crippen LogP contribution is 2.26. The first-order chi connectivity index (χ1) is 14.0. The quantitative estimate of drug-likeness (QED) is 0.473. The summed E-state index contributed by atoms with van der Waals surface area (Å²) in [6.07, 6.45) is 0.720. The summed E-state index contributed by atoms with van der Waals surface area (Å²) in [5, 5.41) is 3.90. The lowest BCUT2D eigenvalue weighted by Gasteiger charge is -2.05. The van der Waals surface area contributed by atoms with Crippen LogP contribution in [-0.4, -0.2) is 15.9 Å². The molecule has 0 fully saturated rings. The summed E-state index contributed by atoms with van der Waals surface area (Å²) < 4.78 is 5.69. The van der Waals surface area contributed by atoms with E-state index in [4.69, 9.17) is 4.42 Å². The Hall–Kier alpha value is -3.25. The van der Waals surface area contributed by atoms with Crippen molar-refractivity contribution in [1.29, 1.82) is 0 Å². The summed E-state index contributed by atoms with van der Waals surface area (Å²) in [6, 6.07) is 17.6. The van der Waals surface area contributed by atoms with Gasteiger partial charge in [0.05, 0.1) is 16.4 Å². The van der Waals surface area contributed by atoms with Gasteiger partial charge in [0, 0.05) is 17.7 Å². The normalized spacial score (nSPS) is 10.9. The SMILES string of the molecule is Cc1nc(-c2cccc(NC(=O)c3sc(Cc4ccccc4)nc3C)c2)oc1C. The van der Waals surface area contributed by atoms with Crippen molar-refractivity contribution >= 4 is 22.9 Å². The zero-order valence-corrected chi connectivity index (χ0v) is 17.3. The minimum absolute atomic E-state index is 0.156. The molecule has 0 spiro atoms. The molecule has 0 saturated heterocycles. The average Bonchev–Trinajstić information content (AvgIpc) is 3.24. The molecule has 0 saturated carbocycles. The van der Waals surface area contributed by atoms with E-state index in [0.717, 1.165) is 34.1 Å². The van der Waals surface area contributed by atoms with Crippen LogP contribution in [0.4, 0.5) is 5.69 Å². The number of amides is 1. The van der Waals surface area contributed by atoms with Crippen molar-refractivity contribution in [2.45, 2.75) is 27.2 Å². The molecule has 2 aromatic heterocycles. The molecule has 0 unspecified atom stereocenters. The topological polar surface area (TPSA) is 68.0 Å². The van der Waals surface area contributed by atoms with Crippen molar-refractivity contribution in [3.05, 3.63) is 87.2 Å². The molecule has 0 bridgehead atoms. The molecule has 0 aliphatic carbocycles. The van der Waals surface area contributed by atoms with Gasteiger partial charge in [-0.05, 0) is 44.5 Å². The summed E-state index contributed by atoms with van der Waals surface area (Å²) in [5.41, 5.74) is 4.30. The summed E-state index contributed by atoms with van der Waals surface area (Å²) in [4.78, 5) is 22.5. The van der Waals surface area contributed by atoms with Gasteiger partial charge in [-0.3, -0.25) is 4.79 Å². The van der Waals surface area contributed by atoms with Gasteiger partial charge >= 0.3 is 0 Å². The van der Waals surface area contributed by atoms with Gasteiger partial charge in [0.2, 0.25) is 5.89 Å². The van der Waals surface area contributed by atoms with E-state index in [9.17, 15) is 4.79 Å². The fraction of sp³-hybridized carbons (Fsp3) is 0.174. The molecule has 0 aliphatic heterocycles. The van der Waals surface area contributed by atoms with Crippen molar-refractivity contribution in [2.75, 3.05) is 5.32 Å². The van der Waals surface area contributed by atoms with Crippen LogP contribution in [-0.2, 0) is 6.42 Å². The molecule has 29 heavy (non-hydrogen) atoms. The number of hydrogen-bond acceptors (Lipinski definition) is 5. The van der Waals surface area contributed by atoms with Crippen molar-refractivity contribution in [3.63, 3.8) is 0 Å². The maximum atomic E-state index is 12.8. The Kier molecular flexibility index (Phi) is 5.27. The van der Waals surface area contributed by atoms with E-state index in [1.54, 1.807) is 0 Å². The van der Waals surface area contributed by atoms with Crippen LogP contribution in [0.2, 0.25) is 0 Å².